The second kappa shape index (κ2) is 5.85. The second-order valence-corrected chi connectivity index (χ2v) is 6.72. The smallest absolute Gasteiger partial charge is 0.276 e. The summed E-state index contributed by atoms with van der Waals surface area (Å²) < 4.78 is 5.29. The number of ether oxygens (including phenoxy) is 1. The van der Waals surface area contributed by atoms with Gasteiger partial charge in [-0.15, -0.1) is 0 Å². The Balaban J connectivity index is 1.80. The Bertz CT molecular complexity index is 1110. The lowest BCUT2D eigenvalue weighted by Gasteiger charge is -2.44. The molecule has 2 amide bonds. The highest BCUT2D eigenvalue weighted by atomic mass is 16.5. The average Bonchev–Trinajstić information content (AvgIpc) is 2.99. The van der Waals surface area contributed by atoms with Crippen LogP contribution in [0.1, 0.15) is 15.9 Å². The zero-order chi connectivity index (χ0) is 19.3. The lowest BCUT2D eigenvalue weighted by Crippen LogP contribution is -2.61. The third kappa shape index (κ3) is 2.08. The number of amides is 2. The first-order valence-electron chi connectivity index (χ1n) is 8.92. The molecule has 1 atom stereocenters. The molecule has 0 aliphatic carbocycles. The van der Waals surface area contributed by atoms with Crippen LogP contribution in [0.15, 0.2) is 72.8 Å². The molecular formula is C22H17N3O3. The van der Waals surface area contributed by atoms with Crippen LogP contribution >= 0.6 is 0 Å². The number of para-hydroxylation sites is 2. The van der Waals surface area contributed by atoms with E-state index < -0.39 is 5.66 Å². The van der Waals surface area contributed by atoms with Crippen molar-refractivity contribution in [3.05, 3.63) is 83.9 Å². The molecule has 1 spiro atoms. The van der Waals surface area contributed by atoms with Gasteiger partial charge in [0.15, 0.2) is 0 Å². The number of carbonyl (C=O) groups excluding carboxylic acids is 2. The van der Waals surface area contributed by atoms with E-state index in [0.717, 1.165) is 0 Å². The minimum absolute atomic E-state index is 0.237. The summed E-state index contributed by atoms with van der Waals surface area (Å²) in [7, 11) is 1.57. The number of nitrogens with zero attached hydrogens (tertiary/aromatic N) is 1. The van der Waals surface area contributed by atoms with E-state index in [2.05, 4.69) is 10.6 Å². The number of benzene rings is 3. The van der Waals surface area contributed by atoms with Gasteiger partial charge < -0.3 is 15.4 Å². The number of hydrogen-bond acceptors (Lipinski definition) is 4. The van der Waals surface area contributed by atoms with Gasteiger partial charge in [-0.25, -0.2) is 0 Å². The predicted molar refractivity (Wildman–Crippen MR) is 107 cm³/mol. The molecule has 2 aliphatic rings. The van der Waals surface area contributed by atoms with Crippen LogP contribution in [0.2, 0.25) is 0 Å². The molecule has 6 heteroatoms. The van der Waals surface area contributed by atoms with Crippen LogP contribution in [0, 0.1) is 0 Å². The van der Waals surface area contributed by atoms with E-state index in [0.29, 0.717) is 33.9 Å². The normalized spacial score (nSPS) is 19.7. The molecular weight excluding hydrogens is 354 g/mol. The molecule has 0 fully saturated rings. The molecule has 2 heterocycles. The highest BCUT2D eigenvalue weighted by Gasteiger charge is 2.57. The molecule has 6 nitrogen and oxygen atoms in total. The van der Waals surface area contributed by atoms with Gasteiger partial charge in [0.05, 0.1) is 18.4 Å². The van der Waals surface area contributed by atoms with Crippen molar-refractivity contribution < 1.29 is 14.3 Å². The van der Waals surface area contributed by atoms with E-state index in [1.807, 2.05) is 54.6 Å². The van der Waals surface area contributed by atoms with Crippen molar-refractivity contribution in [2.45, 2.75) is 5.66 Å². The van der Waals surface area contributed by atoms with Crippen LogP contribution in [0.3, 0.4) is 0 Å². The topological polar surface area (TPSA) is 70.7 Å². The van der Waals surface area contributed by atoms with Gasteiger partial charge in [0, 0.05) is 23.0 Å². The van der Waals surface area contributed by atoms with E-state index in [1.54, 1.807) is 25.3 Å². The van der Waals surface area contributed by atoms with E-state index in [1.165, 1.54) is 4.90 Å². The van der Waals surface area contributed by atoms with Gasteiger partial charge in [-0.2, -0.15) is 0 Å². The first kappa shape index (κ1) is 16.4. The highest BCUT2D eigenvalue weighted by molar-refractivity contribution is 6.22. The maximum Gasteiger partial charge on any atom is 0.276 e. The fourth-order valence-electron chi connectivity index (χ4n) is 3.94. The second-order valence-electron chi connectivity index (χ2n) is 6.72. The first-order chi connectivity index (χ1) is 13.6. The Kier molecular flexibility index (Phi) is 3.42. The summed E-state index contributed by atoms with van der Waals surface area (Å²) in [5.41, 5.74) is 1.68. The molecule has 2 aliphatic heterocycles. The third-order valence-electron chi connectivity index (χ3n) is 5.22. The van der Waals surface area contributed by atoms with E-state index in [4.69, 9.17) is 4.74 Å². The van der Waals surface area contributed by atoms with Crippen LogP contribution in [-0.2, 0) is 10.5 Å². The van der Waals surface area contributed by atoms with Crippen molar-refractivity contribution in [2.75, 3.05) is 22.6 Å². The molecule has 0 bridgehead atoms. The quantitative estimate of drug-likeness (QED) is 0.722. The van der Waals surface area contributed by atoms with Gasteiger partial charge in [0.1, 0.15) is 5.75 Å². The molecule has 2 N–H and O–H groups in total. The molecule has 3 aromatic carbocycles. The maximum absolute atomic E-state index is 13.5. The van der Waals surface area contributed by atoms with Gasteiger partial charge in [0.2, 0.25) is 5.66 Å². The van der Waals surface area contributed by atoms with E-state index in [-0.39, 0.29) is 11.8 Å². The van der Waals surface area contributed by atoms with Crippen molar-refractivity contribution in [1.82, 2.24) is 0 Å². The summed E-state index contributed by atoms with van der Waals surface area (Å²) in [5.74, 6) is 0.0757. The maximum atomic E-state index is 13.5. The lowest BCUT2D eigenvalue weighted by atomic mass is 9.92. The minimum Gasteiger partial charge on any atom is -0.497 e. The average molecular weight is 371 g/mol. The summed E-state index contributed by atoms with van der Waals surface area (Å²) in [5, 5.41) is 6.26. The molecule has 0 radical (unpaired) electrons. The van der Waals surface area contributed by atoms with Crippen LogP contribution in [0.5, 0.6) is 5.75 Å². The van der Waals surface area contributed by atoms with E-state index in [9.17, 15) is 9.59 Å². The number of anilines is 3. The monoisotopic (exact) mass is 371 g/mol. The number of nitrogens with one attached hydrogen (secondary N) is 2. The molecule has 0 saturated carbocycles. The number of fused-ring (bicyclic) bond motifs is 3. The van der Waals surface area contributed by atoms with Gasteiger partial charge in [-0.3, -0.25) is 14.5 Å². The van der Waals surface area contributed by atoms with Gasteiger partial charge >= 0.3 is 0 Å². The standard InChI is InChI=1S/C22H17N3O3/c1-28-15-11-12-17-19(13-15)23-21(27)22(17)24-18-10-6-5-9-16(18)20(26)25(22)14-7-3-2-4-8-14/h2-13,24H,1H3,(H,23,27)/t22-/m0/s1. The van der Waals surface area contributed by atoms with Gasteiger partial charge in [-0.05, 0) is 36.4 Å². The number of carbonyl (C=O) groups is 2. The first-order valence-corrected chi connectivity index (χ1v) is 8.92. The van der Waals surface area contributed by atoms with Gasteiger partial charge in [-0.1, -0.05) is 30.3 Å². The lowest BCUT2D eigenvalue weighted by molar-refractivity contribution is -0.119. The Morgan fingerprint density at radius 3 is 2.43 bits per heavy atom. The molecule has 0 saturated heterocycles. The van der Waals surface area contributed by atoms with Crippen molar-refractivity contribution in [3.63, 3.8) is 0 Å². The summed E-state index contributed by atoms with van der Waals surface area (Å²) >= 11 is 0. The molecule has 0 aromatic heterocycles. The van der Waals surface area contributed by atoms with Crippen molar-refractivity contribution in [1.29, 1.82) is 0 Å². The summed E-state index contributed by atoms with van der Waals surface area (Å²) in [6, 6.07) is 21.8. The van der Waals surface area contributed by atoms with Crippen LogP contribution in [0.4, 0.5) is 17.1 Å². The summed E-state index contributed by atoms with van der Waals surface area (Å²) in [6.07, 6.45) is 0. The SMILES string of the molecule is COc1ccc2c(c1)NC(=O)[C@]21Nc2ccccc2C(=O)N1c1ccccc1. The molecule has 138 valence electrons. The van der Waals surface area contributed by atoms with Gasteiger partial charge in [0.25, 0.3) is 11.8 Å². The fraction of sp³-hybridized carbons (Fsp3) is 0.0909. The third-order valence-corrected chi connectivity index (χ3v) is 5.22. The molecule has 5 rings (SSSR count). The largest absolute Gasteiger partial charge is 0.497 e. The van der Waals surface area contributed by atoms with Crippen molar-refractivity contribution in [3.8, 4) is 5.75 Å². The summed E-state index contributed by atoms with van der Waals surface area (Å²) in [4.78, 5) is 28.4. The number of rotatable bonds is 2. The Morgan fingerprint density at radius 1 is 0.893 bits per heavy atom. The van der Waals surface area contributed by atoms with Crippen molar-refractivity contribution >= 4 is 28.9 Å². The number of hydrogen-bond donors (Lipinski definition) is 2. The summed E-state index contributed by atoms with van der Waals surface area (Å²) in [6.45, 7) is 0. The Labute approximate surface area is 161 Å². The van der Waals surface area contributed by atoms with Crippen molar-refractivity contribution in [2.24, 2.45) is 0 Å². The predicted octanol–water partition coefficient (Wildman–Crippen LogP) is 3.57. The Hall–Kier alpha value is -3.80. The molecule has 28 heavy (non-hydrogen) atoms. The van der Waals surface area contributed by atoms with Crippen LogP contribution in [-0.4, -0.2) is 18.9 Å². The number of methoxy groups -OCH3 is 1. The zero-order valence-electron chi connectivity index (χ0n) is 15.1. The molecule has 0 unspecified atom stereocenters. The molecule has 3 aromatic rings. The highest BCUT2D eigenvalue weighted by Crippen LogP contribution is 2.47. The minimum atomic E-state index is -1.38. The fourth-order valence-corrected chi connectivity index (χ4v) is 3.94. The Morgan fingerprint density at radius 2 is 1.64 bits per heavy atom. The zero-order valence-corrected chi connectivity index (χ0v) is 15.1. The van der Waals surface area contributed by atoms with Crippen LogP contribution in [0.25, 0.3) is 0 Å². The van der Waals surface area contributed by atoms with Crippen LogP contribution < -0.4 is 20.3 Å². The van der Waals surface area contributed by atoms with E-state index >= 15 is 0 Å².